The van der Waals surface area contributed by atoms with Crippen LogP contribution in [0.2, 0.25) is 0 Å². The van der Waals surface area contributed by atoms with E-state index in [1.54, 1.807) is 0 Å². The van der Waals surface area contributed by atoms with Gasteiger partial charge in [0.15, 0.2) is 0 Å². The summed E-state index contributed by atoms with van der Waals surface area (Å²) in [5.41, 5.74) is 5.86. The van der Waals surface area contributed by atoms with Gasteiger partial charge in [-0.2, -0.15) is 0 Å². The van der Waals surface area contributed by atoms with Crippen molar-refractivity contribution < 1.29 is 17.5 Å². The quantitative estimate of drug-likeness (QED) is 0.770. The summed E-state index contributed by atoms with van der Waals surface area (Å²) in [6, 6.07) is 1.26. The fourth-order valence-electron chi connectivity index (χ4n) is 1.45. The largest absolute Gasteiger partial charge is 0.476 e. The van der Waals surface area contributed by atoms with Gasteiger partial charge in [0.25, 0.3) is 0 Å². The normalized spacial score (nSPS) is 15.4. The predicted octanol–water partition coefficient (Wildman–Crippen LogP) is 0.700. The molecule has 0 aliphatic heterocycles. The summed E-state index contributed by atoms with van der Waals surface area (Å²) in [6.07, 6.45) is 3.43. The highest BCUT2D eigenvalue weighted by Crippen LogP contribution is 2.30. The molecule has 1 aromatic heterocycles. The fraction of sp³-hybridized carbons (Fsp3) is 0.545. The van der Waals surface area contributed by atoms with E-state index in [0.29, 0.717) is 12.5 Å². The molecule has 1 saturated carbocycles. The van der Waals surface area contributed by atoms with Crippen molar-refractivity contribution >= 4 is 15.7 Å². The Hall–Kier alpha value is -1.41. The molecule has 2 rings (SSSR count). The van der Waals surface area contributed by atoms with Crippen LogP contribution in [-0.2, 0) is 10.0 Å². The van der Waals surface area contributed by atoms with E-state index in [1.165, 1.54) is 6.07 Å². The Bertz CT molecular complexity index is 546. The van der Waals surface area contributed by atoms with Crippen molar-refractivity contribution in [1.29, 1.82) is 0 Å². The Morgan fingerprint density at radius 1 is 1.53 bits per heavy atom. The highest BCUT2D eigenvalue weighted by molar-refractivity contribution is 7.89. The highest BCUT2D eigenvalue weighted by atomic mass is 32.2. The first-order valence-corrected chi connectivity index (χ1v) is 7.45. The highest BCUT2D eigenvalue weighted by Gasteiger charge is 2.23. The summed E-state index contributed by atoms with van der Waals surface area (Å²) in [4.78, 5) is 3.79. The van der Waals surface area contributed by atoms with Gasteiger partial charge in [0.05, 0.1) is 18.5 Å². The number of anilines is 1. The average molecular weight is 289 g/mol. The van der Waals surface area contributed by atoms with Gasteiger partial charge in [-0.25, -0.2) is 22.5 Å². The van der Waals surface area contributed by atoms with Crippen LogP contribution >= 0.6 is 0 Å². The number of hydrogen-bond donors (Lipinski definition) is 2. The number of hydrogen-bond acceptors (Lipinski definition) is 5. The molecule has 6 nitrogen and oxygen atoms in total. The minimum atomic E-state index is -3.77. The second kappa shape index (κ2) is 5.70. The van der Waals surface area contributed by atoms with Gasteiger partial charge in [0.1, 0.15) is 11.6 Å². The number of ether oxygens (including phenoxy) is 1. The van der Waals surface area contributed by atoms with Crippen LogP contribution in [0.4, 0.5) is 10.1 Å². The molecule has 8 heteroatoms. The van der Waals surface area contributed by atoms with E-state index < -0.39 is 16.7 Å². The number of halogens is 1. The number of nitrogens with zero attached hydrogens (tertiary/aromatic N) is 1. The zero-order valence-electron chi connectivity index (χ0n) is 10.3. The molecular formula is C11H16FN3O3S. The average Bonchev–Trinajstić information content (AvgIpc) is 3.19. The van der Waals surface area contributed by atoms with Gasteiger partial charge in [-0.05, 0) is 24.8 Å². The number of nitrogens with one attached hydrogen (secondary N) is 1. The molecule has 0 atom stereocenters. The van der Waals surface area contributed by atoms with E-state index in [0.717, 1.165) is 19.0 Å². The lowest BCUT2D eigenvalue weighted by Gasteiger charge is -2.09. The van der Waals surface area contributed by atoms with Gasteiger partial charge >= 0.3 is 0 Å². The molecule has 1 fully saturated rings. The first-order valence-electron chi connectivity index (χ1n) is 5.97. The molecule has 1 heterocycles. The van der Waals surface area contributed by atoms with Crippen molar-refractivity contribution in [1.82, 2.24) is 9.71 Å². The monoisotopic (exact) mass is 289 g/mol. The molecule has 1 aliphatic carbocycles. The second-order valence-electron chi connectivity index (χ2n) is 4.41. The van der Waals surface area contributed by atoms with Crippen LogP contribution in [0.1, 0.15) is 12.8 Å². The Morgan fingerprint density at radius 3 is 2.84 bits per heavy atom. The van der Waals surface area contributed by atoms with Crippen LogP contribution in [0.3, 0.4) is 0 Å². The molecular weight excluding hydrogens is 273 g/mol. The molecule has 0 radical (unpaired) electrons. The van der Waals surface area contributed by atoms with E-state index in [9.17, 15) is 12.8 Å². The van der Waals surface area contributed by atoms with Crippen molar-refractivity contribution in [3.05, 3.63) is 12.3 Å². The molecule has 3 N–H and O–H groups in total. The van der Waals surface area contributed by atoms with Gasteiger partial charge in [-0.15, -0.1) is 0 Å². The van der Waals surface area contributed by atoms with E-state index in [1.807, 2.05) is 0 Å². The molecule has 0 spiro atoms. The lowest BCUT2D eigenvalue weighted by molar-refractivity contribution is 0.290. The predicted molar refractivity (Wildman–Crippen MR) is 68.0 cm³/mol. The van der Waals surface area contributed by atoms with Crippen LogP contribution in [0.25, 0.3) is 0 Å². The smallest absolute Gasteiger partial charge is 0.242 e. The number of alkyl halides is 1. The first kappa shape index (κ1) is 14.0. The molecule has 1 aliphatic rings. The lowest BCUT2D eigenvalue weighted by Crippen LogP contribution is -2.26. The van der Waals surface area contributed by atoms with Crippen molar-refractivity contribution in [2.24, 2.45) is 5.92 Å². The van der Waals surface area contributed by atoms with Crippen molar-refractivity contribution in [2.45, 2.75) is 17.7 Å². The molecule has 106 valence electrons. The Kier molecular flexibility index (Phi) is 4.20. The van der Waals surface area contributed by atoms with Crippen LogP contribution in [0, 0.1) is 5.92 Å². The zero-order valence-corrected chi connectivity index (χ0v) is 11.1. The lowest BCUT2D eigenvalue weighted by atomic mass is 10.4. The third-order valence-corrected chi connectivity index (χ3v) is 4.13. The minimum Gasteiger partial charge on any atom is -0.476 e. The molecule has 0 amide bonds. The zero-order chi connectivity index (χ0) is 13.9. The molecule has 1 aromatic rings. The number of pyridine rings is 1. The first-order chi connectivity index (χ1) is 9.03. The molecule has 0 aromatic carbocycles. The maximum absolute atomic E-state index is 12.0. The van der Waals surface area contributed by atoms with Gasteiger partial charge in [-0.3, -0.25) is 0 Å². The van der Waals surface area contributed by atoms with Crippen molar-refractivity contribution in [3.63, 3.8) is 0 Å². The minimum absolute atomic E-state index is 0.0998. The van der Waals surface area contributed by atoms with E-state index in [2.05, 4.69) is 9.71 Å². The van der Waals surface area contributed by atoms with Crippen molar-refractivity contribution in [2.75, 3.05) is 25.6 Å². The van der Waals surface area contributed by atoms with E-state index in [4.69, 9.17) is 10.5 Å². The van der Waals surface area contributed by atoms with Gasteiger partial charge < -0.3 is 10.5 Å². The van der Waals surface area contributed by atoms with Crippen LogP contribution in [0.5, 0.6) is 5.88 Å². The van der Waals surface area contributed by atoms with E-state index >= 15 is 0 Å². The summed E-state index contributed by atoms with van der Waals surface area (Å²) in [7, 11) is -3.77. The summed E-state index contributed by atoms with van der Waals surface area (Å²) < 4.78 is 42.9. The maximum Gasteiger partial charge on any atom is 0.242 e. The number of rotatable bonds is 7. The Balaban J connectivity index is 2.08. The second-order valence-corrected chi connectivity index (χ2v) is 6.17. The third kappa shape index (κ3) is 3.77. The molecule has 19 heavy (non-hydrogen) atoms. The van der Waals surface area contributed by atoms with Gasteiger partial charge in [0, 0.05) is 6.54 Å². The van der Waals surface area contributed by atoms with Gasteiger partial charge in [0.2, 0.25) is 15.9 Å². The summed E-state index contributed by atoms with van der Waals surface area (Å²) in [5, 5.41) is 0. The maximum atomic E-state index is 12.0. The SMILES string of the molecule is Nc1cc(S(=O)(=O)NCCF)cnc1OCC1CC1. The van der Waals surface area contributed by atoms with E-state index in [-0.39, 0.29) is 23.0 Å². The van der Waals surface area contributed by atoms with Crippen LogP contribution < -0.4 is 15.2 Å². The summed E-state index contributed by atoms with van der Waals surface area (Å²) in [6.45, 7) is -0.504. The number of aromatic nitrogens is 1. The Labute approximate surface area is 111 Å². The topological polar surface area (TPSA) is 94.3 Å². The summed E-state index contributed by atoms with van der Waals surface area (Å²) >= 11 is 0. The third-order valence-electron chi connectivity index (χ3n) is 2.70. The Morgan fingerprint density at radius 2 is 2.26 bits per heavy atom. The van der Waals surface area contributed by atoms with Crippen LogP contribution in [0.15, 0.2) is 17.2 Å². The van der Waals surface area contributed by atoms with Crippen molar-refractivity contribution in [3.8, 4) is 5.88 Å². The summed E-state index contributed by atoms with van der Waals surface area (Å²) in [5.74, 6) is 0.784. The van der Waals surface area contributed by atoms with Gasteiger partial charge in [-0.1, -0.05) is 0 Å². The standard InChI is InChI=1S/C11H16FN3O3S/c12-3-4-15-19(16,17)9-5-10(13)11(14-6-9)18-7-8-1-2-8/h5-6,8,15H,1-4,7,13H2. The number of sulfonamides is 1. The molecule has 0 bridgehead atoms. The number of nitrogens with two attached hydrogens (primary N) is 1. The molecule has 0 unspecified atom stereocenters. The van der Waals surface area contributed by atoms with Crippen LogP contribution in [-0.4, -0.2) is 33.2 Å². The fourth-order valence-corrected chi connectivity index (χ4v) is 2.44. The number of nitrogen functional groups attached to an aromatic ring is 1. The molecule has 0 saturated heterocycles.